The highest BCUT2D eigenvalue weighted by atomic mass is 32.2. The van der Waals surface area contributed by atoms with Crippen LogP contribution >= 0.6 is 11.8 Å². The lowest BCUT2D eigenvalue weighted by Crippen LogP contribution is -2.44. The summed E-state index contributed by atoms with van der Waals surface area (Å²) in [5.74, 6) is 1.05. The van der Waals surface area contributed by atoms with E-state index in [0.29, 0.717) is 19.5 Å². The van der Waals surface area contributed by atoms with Gasteiger partial charge >= 0.3 is 0 Å². The van der Waals surface area contributed by atoms with Gasteiger partial charge in [0.05, 0.1) is 11.4 Å². The molecule has 2 aliphatic heterocycles. The zero-order valence-corrected chi connectivity index (χ0v) is 19.7. The van der Waals surface area contributed by atoms with Crippen molar-refractivity contribution < 1.29 is 4.79 Å². The van der Waals surface area contributed by atoms with Gasteiger partial charge in [0.2, 0.25) is 5.91 Å². The highest BCUT2D eigenvalue weighted by molar-refractivity contribution is 7.99. The Morgan fingerprint density at radius 3 is 2.33 bits per heavy atom. The van der Waals surface area contributed by atoms with E-state index in [9.17, 15) is 4.79 Å². The number of anilines is 3. The topological polar surface area (TPSA) is 51.7 Å². The summed E-state index contributed by atoms with van der Waals surface area (Å²) in [7, 11) is 2.15. The number of para-hydroxylation sites is 2. The van der Waals surface area contributed by atoms with Crippen molar-refractivity contribution in [1.82, 2.24) is 15.2 Å². The first-order valence-corrected chi connectivity index (χ1v) is 12.3. The summed E-state index contributed by atoms with van der Waals surface area (Å²) in [5.41, 5.74) is 3.41. The van der Waals surface area contributed by atoms with Crippen molar-refractivity contribution in [3.63, 3.8) is 0 Å². The maximum atomic E-state index is 12.7. The second kappa shape index (κ2) is 9.85. The molecule has 1 N–H and O–H groups in total. The van der Waals surface area contributed by atoms with Crippen molar-refractivity contribution in [1.29, 1.82) is 0 Å². The maximum Gasteiger partial charge on any atom is 0.222 e. The van der Waals surface area contributed by atoms with E-state index >= 15 is 0 Å². The Kier molecular flexibility index (Phi) is 6.51. The largest absolute Gasteiger partial charge is 0.354 e. The van der Waals surface area contributed by atoms with Crippen LogP contribution in [0.25, 0.3) is 0 Å². The normalized spacial score (nSPS) is 15.7. The number of nitrogens with zero attached hydrogens (tertiary/aromatic N) is 4. The Balaban J connectivity index is 1.20. The minimum atomic E-state index is 0.0566. The van der Waals surface area contributed by atoms with E-state index in [-0.39, 0.29) is 5.91 Å². The molecule has 3 aromatic rings. The zero-order valence-electron chi connectivity index (χ0n) is 18.9. The lowest BCUT2D eigenvalue weighted by molar-refractivity contribution is -0.121. The Bertz CT molecular complexity index is 1080. The van der Waals surface area contributed by atoms with Crippen molar-refractivity contribution in [3.05, 3.63) is 72.4 Å². The molecule has 6 nitrogen and oxygen atoms in total. The van der Waals surface area contributed by atoms with E-state index in [4.69, 9.17) is 0 Å². The fourth-order valence-corrected chi connectivity index (χ4v) is 5.40. The van der Waals surface area contributed by atoms with Gasteiger partial charge < -0.3 is 20.0 Å². The van der Waals surface area contributed by atoms with Crippen molar-refractivity contribution >= 4 is 34.9 Å². The van der Waals surface area contributed by atoms with E-state index in [2.05, 4.69) is 86.6 Å². The number of hydrogen-bond donors (Lipinski definition) is 1. The third-order valence-electron chi connectivity index (χ3n) is 6.22. The van der Waals surface area contributed by atoms with E-state index in [1.807, 2.05) is 12.3 Å². The Morgan fingerprint density at radius 1 is 0.970 bits per heavy atom. The molecule has 2 aliphatic rings. The molecule has 0 radical (unpaired) electrons. The Hall–Kier alpha value is -3.03. The average Bonchev–Trinajstić information content (AvgIpc) is 2.86. The molecule has 7 heteroatoms. The summed E-state index contributed by atoms with van der Waals surface area (Å²) in [6.07, 6.45) is 2.28. The van der Waals surface area contributed by atoms with Gasteiger partial charge in [0.15, 0.2) is 0 Å². The summed E-state index contributed by atoms with van der Waals surface area (Å²) >= 11 is 1.79. The number of amides is 1. The number of fused-ring (bicyclic) bond motifs is 2. The SMILES string of the molecule is CN1CCN(c2cc(CNC(=O)CCN3c4ccccc4Sc4ccccc43)ccn2)CC1. The molecule has 1 aromatic heterocycles. The molecule has 0 atom stereocenters. The van der Waals surface area contributed by atoms with Crippen LogP contribution in [0.5, 0.6) is 0 Å². The first-order chi connectivity index (χ1) is 16.2. The number of rotatable bonds is 6. The van der Waals surface area contributed by atoms with Gasteiger partial charge in [-0.1, -0.05) is 36.0 Å². The number of piperazine rings is 1. The molecule has 0 spiro atoms. The van der Waals surface area contributed by atoms with Crippen LogP contribution in [-0.4, -0.2) is 55.6 Å². The molecule has 0 unspecified atom stereocenters. The van der Waals surface area contributed by atoms with Crippen LogP contribution in [-0.2, 0) is 11.3 Å². The highest BCUT2D eigenvalue weighted by Gasteiger charge is 2.23. The predicted octanol–water partition coefficient (Wildman–Crippen LogP) is 4.14. The van der Waals surface area contributed by atoms with E-state index in [0.717, 1.165) is 37.6 Å². The average molecular weight is 460 g/mol. The third-order valence-corrected chi connectivity index (χ3v) is 7.35. The molecule has 0 aliphatic carbocycles. The Labute approximate surface area is 199 Å². The van der Waals surface area contributed by atoms with Crippen molar-refractivity contribution in [2.75, 3.05) is 49.6 Å². The van der Waals surface area contributed by atoms with Crippen LogP contribution in [0.4, 0.5) is 17.2 Å². The van der Waals surface area contributed by atoms with Crippen molar-refractivity contribution in [3.8, 4) is 0 Å². The highest BCUT2D eigenvalue weighted by Crippen LogP contribution is 2.47. The first kappa shape index (κ1) is 21.8. The summed E-state index contributed by atoms with van der Waals surface area (Å²) < 4.78 is 0. The van der Waals surface area contributed by atoms with Crippen LogP contribution in [0.1, 0.15) is 12.0 Å². The second-order valence-electron chi connectivity index (χ2n) is 8.53. The number of carbonyl (C=O) groups excluding carboxylic acids is 1. The van der Waals surface area contributed by atoms with Gasteiger partial charge in [-0.25, -0.2) is 4.98 Å². The Morgan fingerprint density at radius 2 is 1.64 bits per heavy atom. The molecule has 1 amide bonds. The van der Waals surface area contributed by atoms with Gasteiger partial charge in [-0.15, -0.1) is 0 Å². The molecule has 33 heavy (non-hydrogen) atoms. The van der Waals surface area contributed by atoms with Crippen LogP contribution in [0, 0.1) is 0 Å². The van der Waals surface area contributed by atoms with Crippen molar-refractivity contribution in [2.45, 2.75) is 22.8 Å². The van der Waals surface area contributed by atoms with Crippen LogP contribution < -0.4 is 15.1 Å². The number of benzene rings is 2. The van der Waals surface area contributed by atoms with Gasteiger partial charge in [0.25, 0.3) is 0 Å². The quantitative estimate of drug-likeness (QED) is 0.598. The predicted molar refractivity (Wildman–Crippen MR) is 134 cm³/mol. The summed E-state index contributed by atoms with van der Waals surface area (Å²) in [5, 5.41) is 3.10. The number of carbonyl (C=O) groups is 1. The second-order valence-corrected chi connectivity index (χ2v) is 9.61. The first-order valence-electron chi connectivity index (χ1n) is 11.5. The molecule has 0 bridgehead atoms. The van der Waals surface area contributed by atoms with Gasteiger partial charge in [-0.3, -0.25) is 4.79 Å². The minimum Gasteiger partial charge on any atom is -0.354 e. The van der Waals surface area contributed by atoms with Gasteiger partial charge in [-0.05, 0) is 49.0 Å². The standard InChI is InChI=1S/C26H29N5OS/c1-29-14-16-30(17-15-29)25-18-20(10-12-27-25)19-28-26(32)11-13-31-21-6-2-4-8-23(21)33-24-9-5-3-7-22(24)31/h2-10,12,18H,11,13-17,19H2,1H3,(H,28,32). The number of likely N-dealkylation sites (N-methyl/N-ethyl adjacent to an activating group) is 1. The summed E-state index contributed by atoms with van der Waals surface area (Å²) in [4.78, 5) is 26.6. The summed E-state index contributed by atoms with van der Waals surface area (Å²) in [6.45, 7) is 5.22. The third kappa shape index (κ3) is 4.99. The molecular formula is C26H29N5OS. The maximum absolute atomic E-state index is 12.7. The number of nitrogens with one attached hydrogen (secondary N) is 1. The molecule has 1 fully saturated rings. The van der Waals surface area contributed by atoms with Crippen LogP contribution in [0.15, 0.2) is 76.7 Å². The number of pyridine rings is 1. The van der Waals surface area contributed by atoms with E-state index in [1.54, 1.807) is 11.8 Å². The molecule has 170 valence electrons. The lowest BCUT2D eigenvalue weighted by atomic mass is 10.2. The fraction of sp³-hybridized carbons (Fsp3) is 0.308. The molecule has 0 saturated carbocycles. The zero-order chi connectivity index (χ0) is 22.6. The van der Waals surface area contributed by atoms with E-state index < -0.39 is 0 Å². The fourth-order valence-electron chi connectivity index (χ4n) is 4.30. The van der Waals surface area contributed by atoms with Crippen LogP contribution in [0.2, 0.25) is 0 Å². The molecule has 5 rings (SSSR count). The smallest absolute Gasteiger partial charge is 0.222 e. The van der Waals surface area contributed by atoms with Crippen molar-refractivity contribution in [2.24, 2.45) is 0 Å². The molecule has 3 heterocycles. The summed E-state index contributed by atoms with van der Waals surface area (Å²) in [6, 6.07) is 20.9. The number of hydrogen-bond acceptors (Lipinski definition) is 6. The molecule has 1 saturated heterocycles. The number of aromatic nitrogens is 1. The molecular weight excluding hydrogens is 430 g/mol. The van der Waals surface area contributed by atoms with Crippen LogP contribution in [0.3, 0.4) is 0 Å². The van der Waals surface area contributed by atoms with Gasteiger partial charge in [-0.2, -0.15) is 0 Å². The van der Waals surface area contributed by atoms with Gasteiger partial charge in [0.1, 0.15) is 5.82 Å². The van der Waals surface area contributed by atoms with Gasteiger partial charge in [0, 0.05) is 61.7 Å². The minimum absolute atomic E-state index is 0.0566. The monoisotopic (exact) mass is 459 g/mol. The molecule has 2 aromatic carbocycles. The van der Waals surface area contributed by atoms with E-state index in [1.165, 1.54) is 21.2 Å². The lowest BCUT2D eigenvalue weighted by Gasteiger charge is -2.33.